The number of aryl methyl sites for hydroxylation is 1. The number of aromatic nitrogens is 1. The first kappa shape index (κ1) is 19.4. The molecule has 4 rings (SSSR count). The lowest BCUT2D eigenvalue weighted by Gasteiger charge is -2.22. The Kier molecular flexibility index (Phi) is 5.76. The van der Waals surface area contributed by atoms with E-state index in [1.807, 2.05) is 31.2 Å². The largest absolute Gasteiger partial charge is 0.474 e. The SMILES string of the molecule is Cc1ccc(N2C[C@H](NC(=O)c3ccc(OC4CCOCC4)nc3)CC2=O)cc1. The first-order valence-corrected chi connectivity index (χ1v) is 9.97. The van der Waals surface area contributed by atoms with Crippen molar-refractivity contribution in [3.63, 3.8) is 0 Å². The molecule has 1 aromatic heterocycles. The van der Waals surface area contributed by atoms with Crippen molar-refractivity contribution in [3.05, 3.63) is 53.7 Å². The Morgan fingerprint density at radius 3 is 2.62 bits per heavy atom. The predicted octanol–water partition coefficient (Wildman–Crippen LogP) is 2.48. The van der Waals surface area contributed by atoms with E-state index in [-0.39, 0.29) is 30.4 Å². The Balaban J connectivity index is 1.33. The summed E-state index contributed by atoms with van der Waals surface area (Å²) < 4.78 is 11.2. The fraction of sp³-hybridized carbons (Fsp3) is 0.409. The van der Waals surface area contributed by atoms with Crippen LogP contribution in [0.4, 0.5) is 5.69 Å². The minimum Gasteiger partial charge on any atom is -0.474 e. The van der Waals surface area contributed by atoms with E-state index in [1.165, 1.54) is 6.20 Å². The molecule has 2 saturated heterocycles. The molecule has 0 radical (unpaired) electrons. The fourth-order valence-electron chi connectivity index (χ4n) is 3.60. The van der Waals surface area contributed by atoms with Crippen LogP contribution in [-0.2, 0) is 9.53 Å². The van der Waals surface area contributed by atoms with Crippen LogP contribution in [0.1, 0.15) is 35.2 Å². The highest BCUT2D eigenvalue weighted by Gasteiger charge is 2.31. The van der Waals surface area contributed by atoms with E-state index in [1.54, 1.807) is 17.0 Å². The number of carbonyl (C=O) groups excluding carboxylic acids is 2. The van der Waals surface area contributed by atoms with Crippen LogP contribution in [0, 0.1) is 6.92 Å². The van der Waals surface area contributed by atoms with E-state index < -0.39 is 0 Å². The molecule has 0 spiro atoms. The molecule has 1 aromatic carbocycles. The Morgan fingerprint density at radius 1 is 1.17 bits per heavy atom. The summed E-state index contributed by atoms with van der Waals surface area (Å²) in [7, 11) is 0. The van der Waals surface area contributed by atoms with Gasteiger partial charge < -0.3 is 19.7 Å². The summed E-state index contributed by atoms with van der Waals surface area (Å²) in [5.41, 5.74) is 2.45. The quantitative estimate of drug-likeness (QED) is 0.841. The van der Waals surface area contributed by atoms with Gasteiger partial charge in [-0.1, -0.05) is 17.7 Å². The van der Waals surface area contributed by atoms with Crippen LogP contribution in [0.15, 0.2) is 42.6 Å². The molecule has 0 aliphatic carbocycles. The van der Waals surface area contributed by atoms with Gasteiger partial charge in [-0.3, -0.25) is 9.59 Å². The molecule has 7 nitrogen and oxygen atoms in total. The Hall–Kier alpha value is -2.93. The van der Waals surface area contributed by atoms with Crippen LogP contribution in [0.3, 0.4) is 0 Å². The van der Waals surface area contributed by atoms with E-state index in [4.69, 9.17) is 9.47 Å². The molecule has 0 saturated carbocycles. The summed E-state index contributed by atoms with van der Waals surface area (Å²) in [5, 5.41) is 2.94. The van der Waals surface area contributed by atoms with E-state index in [2.05, 4.69) is 10.3 Å². The van der Waals surface area contributed by atoms with Gasteiger partial charge in [-0.05, 0) is 25.1 Å². The molecular weight excluding hydrogens is 370 g/mol. The van der Waals surface area contributed by atoms with Gasteiger partial charge in [-0.25, -0.2) is 4.98 Å². The number of anilines is 1. The third-order valence-electron chi connectivity index (χ3n) is 5.26. The van der Waals surface area contributed by atoms with Crippen LogP contribution < -0.4 is 15.0 Å². The summed E-state index contributed by atoms with van der Waals surface area (Å²) in [6.07, 6.45) is 3.60. The van der Waals surface area contributed by atoms with E-state index in [0.717, 1.165) is 24.1 Å². The molecule has 2 fully saturated rings. The number of amides is 2. The number of nitrogens with zero attached hydrogens (tertiary/aromatic N) is 2. The van der Waals surface area contributed by atoms with Crippen molar-refractivity contribution in [2.75, 3.05) is 24.7 Å². The van der Waals surface area contributed by atoms with Crippen molar-refractivity contribution in [3.8, 4) is 5.88 Å². The predicted molar refractivity (Wildman–Crippen MR) is 108 cm³/mol. The smallest absolute Gasteiger partial charge is 0.253 e. The Bertz CT molecular complexity index is 861. The summed E-state index contributed by atoms with van der Waals surface area (Å²) >= 11 is 0. The number of carbonyl (C=O) groups is 2. The molecule has 2 aliphatic rings. The lowest BCUT2D eigenvalue weighted by atomic mass is 10.1. The van der Waals surface area contributed by atoms with Crippen LogP contribution >= 0.6 is 0 Å². The third kappa shape index (κ3) is 4.74. The number of pyridine rings is 1. The van der Waals surface area contributed by atoms with Crippen LogP contribution in [0.5, 0.6) is 5.88 Å². The van der Waals surface area contributed by atoms with Crippen molar-refractivity contribution < 1.29 is 19.1 Å². The minimum absolute atomic E-state index is 0.0116. The van der Waals surface area contributed by atoms with Gasteiger partial charge in [0.2, 0.25) is 11.8 Å². The lowest BCUT2D eigenvalue weighted by Crippen LogP contribution is -2.37. The molecule has 2 aliphatic heterocycles. The third-order valence-corrected chi connectivity index (χ3v) is 5.26. The molecule has 29 heavy (non-hydrogen) atoms. The van der Waals surface area contributed by atoms with E-state index >= 15 is 0 Å². The van der Waals surface area contributed by atoms with Crippen molar-refractivity contribution in [1.29, 1.82) is 0 Å². The number of benzene rings is 1. The van der Waals surface area contributed by atoms with Gasteiger partial charge in [0.25, 0.3) is 5.91 Å². The molecule has 2 aromatic rings. The Morgan fingerprint density at radius 2 is 1.93 bits per heavy atom. The van der Waals surface area contributed by atoms with Gasteiger partial charge in [0, 0.05) is 43.8 Å². The van der Waals surface area contributed by atoms with Gasteiger partial charge in [-0.2, -0.15) is 0 Å². The van der Waals surface area contributed by atoms with Crippen molar-refractivity contribution in [1.82, 2.24) is 10.3 Å². The summed E-state index contributed by atoms with van der Waals surface area (Å²) in [4.78, 5) is 30.9. The van der Waals surface area contributed by atoms with E-state index in [9.17, 15) is 9.59 Å². The highest BCUT2D eigenvalue weighted by molar-refractivity contribution is 5.98. The van der Waals surface area contributed by atoms with Crippen molar-refractivity contribution in [2.24, 2.45) is 0 Å². The highest BCUT2D eigenvalue weighted by atomic mass is 16.5. The van der Waals surface area contributed by atoms with Gasteiger partial charge >= 0.3 is 0 Å². The molecule has 152 valence electrons. The highest BCUT2D eigenvalue weighted by Crippen LogP contribution is 2.22. The zero-order chi connectivity index (χ0) is 20.2. The van der Waals surface area contributed by atoms with Crippen molar-refractivity contribution in [2.45, 2.75) is 38.3 Å². The number of rotatable bonds is 5. The molecule has 0 unspecified atom stereocenters. The molecule has 1 N–H and O–H groups in total. The first-order valence-electron chi connectivity index (χ1n) is 9.97. The van der Waals surface area contributed by atoms with Gasteiger partial charge in [-0.15, -0.1) is 0 Å². The number of nitrogens with one attached hydrogen (secondary N) is 1. The standard InChI is InChI=1S/C22H25N3O4/c1-15-2-5-18(6-3-15)25-14-17(12-21(25)26)24-22(27)16-4-7-20(23-13-16)29-19-8-10-28-11-9-19/h2-7,13,17,19H,8-12,14H2,1H3,(H,24,27)/t17-/m1/s1. The summed E-state index contributed by atoms with van der Waals surface area (Å²) in [5.74, 6) is 0.284. The number of hydrogen-bond acceptors (Lipinski definition) is 5. The lowest BCUT2D eigenvalue weighted by molar-refractivity contribution is -0.117. The zero-order valence-electron chi connectivity index (χ0n) is 16.5. The molecule has 2 amide bonds. The normalized spacial score (nSPS) is 20.0. The maximum Gasteiger partial charge on any atom is 0.253 e. The molecular formula is C22H25N3O4. The van der Waals surface area contributed by atoms with Gasteiger partial charge in [0.05, 0.1) is 24.8 Å². The average molecular weight is 395 g/mol. The molecule has 7 heteroatoms. The minimum atomic E-state index is -0.237. The Labute approximate surface area is 170 Å². The molecule has 0 bridgehead atoms. The van der Waals surface area contributed by atoms with Crippen LogP contribution in [0.2, 0.25) is 0 Å². The van der Waals surface area contributed by atoms with Gasteiger partial charge in [0.1, 0.15) is 6.10 Å². The molecule has 3 heterocycles. The topological polar surface area (TPSA) is 80.8 Å². The zero-order valence-corrected chi connectivity index (χ0v) is 16.5. The second-order valence-electron chi connectivity index (χ2n) is 7.53. The average Bonchev–Trinajstić information content (AvgIpc) is 3.10. The monoisotopic (exact) mass is 395 g/mol. The fourth-order valence-corrected chi connectivity index (χ4v) is 3.60. The second-order valence-corrected chi connectivity index (χ2v) is 7.53. The van der Waals surface area contributed by atoms with E-state index in [0.29, 0.717) is 31.2 Å². The van der Waals surface area contributed by atoms with Crippen LogP contribution in [-0.4, -0.2) is 48.7 Å². The maximum atomic E-state index is 12.6. The van der Waals surface area contributed by atoms with Crippen LogP contribution in [0.25, 0.3) is 0 Å². The summed E-state index contributed by atoms with van der Waals surface area (Å²) in [6, 6.07) is 11.0. The van der Waals surface area contributed by atoms with Gasteiger partial charge in [0.15, 0.2) is 0 Å². The number of ether oxygens (including phenoxy) is 2. The van der Waals surface area contributed by atoms with Crippen molar-refractivity contribution >= 4 is 17.5 Å². The second kappa shape index (κ2) is 8.61. The maximum absolute atomic E-state index is 12.6. The number of hydrogen-bond donors (Lipinski definition) is 1. The molecule has 1 atom stereocenters. The summed E-state index contributed by atoms with van der Waals surface area (Å²) in [6.45, 7) is 3.87. The first-order chi connectivity index (χ1) is 14.1.